The molecule has 0 bridgehead atoms. The lowest BCUT2D eigenvalue weighted by molar-refractivity contribution is 0.503. The molecular formula is C11H17N3. The van der Waals surface area contributed by atoms with Crippen LogP contribution in [0.4, 0.5) is 5.82 Å². The Hall–Kier alpha value is -1.09. The van der Waals surface area contributed by atoms with E-state index in [1.54, 1.807) is 0 Å². The van der Waals surface area contributed by atoms with E-state index in [4.69, 9.17) is 5.73 Å². The van der Waals surface area contributed by atoms with Crippen LogP contribution < -0.4 is 10.6 Å². The number of piperidine rings is 1. The van der Waals surface area contributed by atoms with Gasteiger partial charge in [-0.25, -0.2) is 4.98 Å². The molecular weight excluding hydrogens is 174 g/mol. The van der Waals surface area contributed by atoms with Crippen molar-refractivity contribution in [3.8, 4) is 0 Å². The first kappa shape index (κ1) is 9.46. The van der Waals surface area contributed by atoms with E-state index in [0.717, 1.165) is 31.0 Å². The standard InChI is InChI=1S/C11H17N3/c1-9-4-2-6-11(13-9)14-7-3-5-10(12)8-14/h2,4,6,10H,3,5,7-8,12H2,1H3/t10-/m1/s1. The van der Waals surface area contributed by atoms with E-state index >= 15 is 0 Å². The van der Waals surface area contributed by atoms with E-state index in [1.165, 1.54) is 6.42 Å². The topological polar surface area (TPSA) is 42.1 Å². The Kier molecular flexibility index (Phi) is 2.68. The molecule has 2 rings (SSSR count). The summed E-state index contributed by atoms with van der Waals surface area (Å²) in [6, 6.07) is 6.45. The van der Waals surface area contributed by atoms with Gasteiger partial charge in [-0.2, -0.15) is 0 Å². The lowest BCUT2D eigenvalue weighted by Gasteiger charge is -2.31. The Labute approximate surface area is 84.9 Å². The number of hydrogen-bond acceptors (Lipinski definition) is 3. The highest BCUT2D eigenvalue weighted by Crippen LogP contribution is 2.16. The van der Waals surface area contributed by atoms with Crippen LogP contribution >= 0.6 is 0 Å². The van der Waals surface area contributed by atoms with Gasteiger partial charge in [-0.1, -0.05) is 6.07 Å². The van der Waals surface area contributed by atoms with Gasteiger partial charge in [0.25, 0.3) is 0 Å². The van der Waals surface area contributed by atoms with Gasteiger partial charge in [0.2, 0.25) is 0 Å². The van der Waals surface area contributed by atoms with Crippen molar-refractivity contribution in [2.75, 3.05) is 18.0 Å². The number of aromatic nitrogens is 1. The second-order valence-corrected chi connectivity index (χ2v) is 3.99. The molecule has 0 aromatic carbocycles. The molecule has 1 atom stereocenters. The molecule has 3 heteroatoms. The molecule has 1 aliphatic heterocycles. The van der Waals surface area contributed by atoms with Crippen LogP contribution in [0.2, 0.25) is 0 Å². The molecule has 0 spiro atoms. The number of nitrogens with zero attached hydrogens (tertiary/aromatic N) is 2. The Bertz CT molecular complexity index is 311. The van der Waals surface area contributed by atoms with Crippen LogP contribution in [0, 0.1) is 6.92 Å². The largest absolute Gasteiger partial charge is 0.355 e. The van der Waals surface area contributed by atoms with Crippen molar-refractivity contribution < 1.29 is 0 Å². The van der Waals surface area contributed by atoms with Gasteiger partial charge in [0.1, 0.15) is 5.82 Å². The minimum absolute atomic E-state index is 0.311. The van der Waals surface area contributed by atoms with Crippen LogP contribution in [0.3, 0.4) is 0 Å². The number of nitrogens with two attached hydrogens (primary N) is 1. The Morgan fingerprint density at radius 1 is 1.50 bits per heavy atom. The predicted molar refractivity (Wildman–Crippen MR) is 58.4 cm³/mol. The minimum Gasteiger partial charge on any atom is -0.355 e. The zero-order chi connectivity index (χ0) is 9.97. The molecule has 1 fully saturated rings. The third-order valence-electron chi connectivity index (χ3n) is 2.66. The van der Waals surface area contributed by atoms with Crippen molar-refractivity contribution in [1.82, 2.24) is 4.98 Å². The fourth-order valence-electron chi connectivity index (χ4n) is 1.92. The average Bonchev–Trinajstić information content (AvgIpc) is 2.18. The summed E-state index contributed by atoms with van der Waals surface area (Å²) in [5.41, 5.74) is 7.00. The normalized spacial score (nSPS) is 22.4. The highest BCUT2D eigenvalue weighted by Gasteiger charge is 2.17. The van der Waals surface area contributed by atoms with E-state index in [-0.39, 0.29) is 0 Å². The highest BCUT2D eigenvalue weighted by molar-refractivity contribution is 5.39. The summed E-state index contributed by atoms with van der Waals surface area (Å²) in [7, 11) is 0. The van der Waals surface area contributed by atoms with E-state index in [9.17, 15) is 0 Å². The van der Waals surface area contributed by atoms with Gasteiger partial charge in [0, 0.05) is 24.8 Å². The molecule has 1 aromatic heterocycles. The van der Waals surface area contributed by atoms with Gasteiger partial charge in [0.15, 0.2) is 0 Å². The molecule has 0 saturated carbocycles. The van der Waals surface area contributed by atoms with Gasteiger partial charge in [-0.05, 0) is 31.9 Å². The van der Waals surface area contributed by atoms with Gasteiger partial charge in [0.05, 0.1) is 0 Å². The van der Waals surface area contributed by atoms with Crippen LogP contribution in [0.25, 0.3) is 0 Å². The van der Waals surface area contributed by atoms with Crippen LogP contribution in [0.1, 0.15) is 18.5 Å². The summed E-state index contributed by atoms with van der Waals surface area (Å²) in [5.74, 6) is 1.07. The number of aryl methyl sites for hydroxylation is 1. The second-order valence-electron chi connectivity index (χ2n) is 3.99. The molecule has 0 unspecified atom stereocenters. The van der Waals surface area contributed by atoms with Crippen LogP contribution in [-0.2, 0) is 0 Å². The molecule has 1 aliphatic rings. The van der Waals surface area contributed by atoms with Crippen molar-refractivity contribution in [2.24, 2.45) is 5.73 Å². The third kappa shape index (κ3) is 2.04. The number of hydrogen-bond donors (Lipinski definition) is 1. The first-order valence-corrected chi connectivity index (χ1v) is 5.20. The van der Waals surface area contributed by atoms with E-state index in [2.05, 4.69) is 22.0 Å². The lowest BCUT2D eigenvalue weighted by Crippen LogP contribution is -2.43. The van der Waals surface area contributed by atoms with Crippen LogP contribution in [0.15, 0.2) is 18.2 Å². The summed E-state index contributed by atoms with van der Waals surface area (Å²) < 4.78 is 0. The van der Waals surface area contributed by atoms with E-state index in [0.29, 0.717) is 6.04 Å². The van der Waals surface area contributed by atoms with Crippen molar-refractivity contribution >= 4 is 5.82 Å². The zero-order valence-corrected chi connectivity index (χ0v) is 8.61. The van der Waals surface area contributed by atoms with Gasteiger partial charge >= 0.3 is 0 Å². The molecule has 2 N–H and O–H groups in total. The summed E-state index contributed by atoms with van der Waals surface area (Å²) in [4.78, 5) is 6.78. The van der Waals surface area contributed by atoms with Gasteiger partial charge in [-0.3, -0.25) is 0 Å². The van der Waals surface area contributed by atoms with Crippen molar-refractivity contribution in [2.45, 2.75) is 25.8 Å². The fraction of sp³-hybridized carbons (Fsp3) is 0.545. The first-order valence-electron chi connectivity index (χ1n) is 5.20. The lowest BCUT2D eigenvalue weighted by atomic mass is 10.1. The highest BCUT2D eigenvalue weighted by atomic mass is 15.2. The molecule has 2 heterocycles. The molecule has 76 valence electrons. The van der Waals surface area contributed by atoms with Gasteiger partial charge < -0.3 is 10.6 Å². The predicted octanol–water partition coefficient (Wildman–Crippen LogP) is 1.32. The molecule has 0 aliphatic carbocycles. The summed E-state index contributed by atoms with van der Waals surface area (Å²) in [5, 5.41) is 0. The molecule has 3 nitrogen and oxygen atoms in total. The molecule has 0 amide bonds. The second kappa shape index (κ2) is 3.96. The molecule has 1 saturated heterocycles. The molecule has 14 heavy (non-hydrogen) atoms. The van der Waals surface area contributed by atoms with E-state index in [1.807, 2.05) is 13.0 Å². The first-order chi connectivity index (χ1) is 6.75. The van der Waals surface area contributed by atoms with Gasteiger partial charge in [-0.15, -0.1) is 0 Å². The zero-order valence-electron chi connectivity index (χ0n) is 8.61. The minimum atomic E-state index is 0.311. The summed E-state index contributed by atoms with van der Waals surface area (Å²) in [6.07, 6.45) is 2.32. The van der Waals surface area contributed by atoms with Crippen LogP contribution in [0.5, 0.6) is 0 Å². The quantitative estimate of drug-likeness (QED) is 0.728. The summed E-state index contributed by atoms with van der Waals surface area (Å²) in [6.45, 7) is 4.05. The maximum Gasteiger partial charge on any atom is 0.128 e. The fourth-order valence-corrected chi connectivity index (χ4v) is 1.92. The molecule has 0 radical (unpaired) electrons. The van der Waals surface area contributed by atoms with Crippen molar-refractivity contribution in [3.63, 3.8) is 0 Å². The van der Waals surface area contributed by atoms with Crippen LogP contribution in [-0.4, -0.2) is 24.1 Å². The molecule has 1 aromatic rings. The Balaban J connectivity index is 2.14. The maximum absolute atomic E-state index is 5.93. The monoisotopic (exact) mass is 191 g/mol. The van der Waals surface area contributed by atoms with Crippen molar-refractivity contribution in [1.29, 1.82) is 0 Å². The number of rotatable bonds is 1. The summed E-state index contributed by atoms with van der Waals surface area (Å²) >= 11 is 0. The SMILES string of the molecule is Cc1cccc(N2CCC[C@@H](N)C2)n1. The third-order valence-corrected chi connectivity index (χ3v) is 2.66. The number of anilines is 1. The smallest absolute Gasteiger partial charge is 0.128 e. The Morgan fingerprint density at radius 2 is 2.36 bits per heavy atom. The number of pyridine rings is 1. The Morgan fingerprint density at radius 3 is 3.07 bits per heavy atom. The maximum atomic E-state index is 5.93. The average molecular weight is 191 g/mol. The van der Waals surface area contributed by atoms with E-state index < -0.39 is 0 Å². The van der Waals surface area contributed by atoms with Crippen molar-refractivity contribution in [3.05, 3.63) is 23.9 Å².